The summed E-state index contributed by atoms with van der Waals surface area (Å²) in [6, 6.07) is 0. The summed E-state index contributed by atoms with van der Waals surface area (Å²) in [4.78, 5) is 0. The molecule has 0 unspecified atom stereocenters. The first kappa shape index (κ1) is 6.43. The molecule has 0 aliphatic carbocycles. The lowest BCUT2D eigenvalue weighted by Crippen LogP contribution is -2.15. The van der Waals surface area contributed by atoms with E-state index in [2.05, 4.69) is 10.5 Å². The molecule has 0 atom stereocenters. The Morgan fingerprint density at radius 1 is 1.86 bits per heavy atom. The highest BCUT2D eigenvalue weighted by molar-refractivity contribution is 5.55. The second kappa shape index (κ2) is 5.43. The number of nitrogens with one attached hydrogen (secondary N) is 1. The van der Waals surface area contributed by atoms with Gasteiger partial charge in [0.25, 0.3) is 0 Å². The maximum atomic E-state index is 5.04. The molecule has 0 saturated carbocycles. The maximum Gasteiger partial charge on any atom is 0.0798 e. The lowest BCUT2D eigenvalue weighted by atomic mass is 10.6. The van der Waals surface area contributed by atoms with Gasteiger partial charge < -0.3 is 5.73 Å². The average Bonchev–Trinajstić information content (AvgIpc) is 1.69. The summed E-state index contributed by atoms with van der Waals surface area (Å²) in [6.45, 7) is 2.43. The summed E-state index contributed by atoms with van der Waals surface area (Å²) in [6.07, 6.45) is 2.72. The fraction of sp³-hybridized carbons (Fsp3) is 0.750. The van der Waals surface area contributed by atoms with Crippen molar-refractivity contribution in [2.75, 3.05) is 6.67 Å². The van der Waals surface area contributed by atoms with Gasteiger partial charge in [-0.15, -0.1) is 0 Å². The zero-order chi connectivity index (χ0) is 5.54. The molecule has 3 N–H and O–H groups in total. The van der Waals surface area contributed by atoms with Crippen LogP contribution in [0.4, 0.5) is 0 Å². The Morgan fingerprint density at radius 3 is 3.00 bits per heavy atom. The van der Waals surface area contributed by atoms with E-state index in [4.69, 9.17) is 5.73 Å². The van der Waals surface area contributed by atoms with E-state index in [1.165, 1.54) is 0 Å². The Hall–Kier alpha value is -0.570. The second-order valence-corrected chi connectivity index (χ2v) is 1.08. The van der Waals surface area contributed by atoms with Crippen LogP contribution in [0.1, 0.15) is 13.3 Å². The molecule has 0 aromatic heterocycles. The van der Waals surface area contributed by atoms with Crippen molar-refractivity contribution >= 4 is 6.21 Å². The molecule has 3 heteroatoms. The predicted molar refractivity (Wildman–Crippen MR) is 31.0 cm³/mol. The normalized spacial score (nSPS) is 10.0. The second-order valence-electron chi connectivity index (χ2n) is 1.08. The molecule has 0 aliphatic rings. The molecule has 0 spiro atoms. The van der Waals surface area contributed by atoms with Gasteiger partial charge in [0.1, 0.15) is 0 Å². The molecule has 7 heavy (non-hydrogen) atoms. The van der Waals surface area contributed by atoms with Crippen molar-refractivity contribution in [3.05, 3.63) is 0 Å². The third kappa shape index (κ3) is 5.43. The molecule has 0 amide bonds. The highest BCUT2D eigenvalue weighted by atomic mass is 15.3. The van der Waals surface area contributed by atoms with Crippen LogP contribution < -0.4 is 11.2 Å². The van der Waals surface area contributed by atoms with Crippen LogP contribution in [-0.2, 0) is 0 Å². The summed E-state index contributed by atoms with van der Waals surface area (Å²) < 4.78 is 0. The smallest absolute Gasteiger partial charge is 0.0798 e. The van der Waals surface area contributed by atoms with Crippen LogP contribution in [0.5, 0.6) is 0 Å². The number of hydrogen-bond donors (Lipinski definition) is 2. The zero-order valence-electron chi connectivity index (χ0n) is 4.52. The van der Waals surface area contributed by atoms with Crippen LogP contribution in [0.3, 0.4) is 0 Å². The summed E-state index contributed by atoms with van der Waals surface area (Å²) in [5.74, 6) is 0. The van der Waals surface area contributed by atoms with Gasteiger partial charge in [-0.1, -0.05) is 6.92 Å². The Morgan fingerprint density at radius 2 is 2.57 bits per heavy atom. The molecular weight excluding hydrogens is 90.1 g/mol. The Kier molecular flexibility index (Phi) is 4.99. The standard InChI is InChI=1S/C4H11N3/c1-2-3-6-7-4-5/h3,7H,2,4-5H2,1H3/b6-3-. The maximum absolute atomic E-state index is 5.04. The largest absolute Gasteiger partial charge is 0.313 e. The van der Waals surface area contributed by atoms with Crippen molar-refractivity contribution in [2.45, 2.75) is 13.3 Å². The number of nitrogens with zero attached hydrogens (tertiary/aromatic N) is 1. The minimum atomic E-state index is 0.413. The fourth-order valence-electron chi connectivity index (χ4n) is 0.209. The van der Waals surface area contributed by atoms with E-state index < -0.39 is 0 Å². The topological polar surface area (TPSA) is 50.4 Å². The Labute approximate surface area is 43.6 Å². The summed E-state index contributed by atoms with van der Waals surface area (Å²) in [5.41, 5.74) is 7.64. The van der Waals surface area contributed by atoms with Gasteiger partial charge in [-0.2, -0.15) is 5.10 Å². The number of hydrogen-bond acceptors (Lipinski definition) is 3. The van der Waals surface area contributed by atoms with E-state index >= 15 is 0 Å². The fourth-order valence-corrected chi connectivity index (χ4v) is 0.209. The Balaban J connectivity index is 2.78. The molecule has 0 heterocycles. The average molecular weight is 101 g/mol. The van der Waals surface area contributed by atoms with Crippen LogP contribution >= 0.6 is 0 Å². The van der Waals surface area contributed by atoms with Gasteiger partial charge in [0.2, 0.25) is 0 Å². The number of rotatable bonds is 3. The van der Waals surface area contributed by atoms with E-state index in [1.807, 2.05) is 6.92 Å². The van der Waals surface area contributed by atoms with Crippen molar-refractivity contribution in [2.24, 2.45) is 10.8 Å². The molecule has 0 saturated heterocycles. The van der Waals surface area contributed by atoms with Gasteiger partial charge in [0, 0.05) is 6.21 Å². The SMILES string of the molecule is CC/C=N\NCN. The first-order valence-electron chi connectivity index (χ1n) is 2.36. The molecule has 0 bridgehead atoms. The van der Waals surface area contributed by atoms with Gasteiger partial charge >= 0.3 is 0 Å². The van der Waals surface area contributed by atoms with Crippen LogP contribution in [-0.4, -0.2) is 12.9 Å². The molecule has 0 radical (unpaired) electrons. The molecular formula is C4H11N3. The van der Waals surface area contributed by atoms with Crippen molar-refractivity contribution in [3.63, 3.8) is 0 Å². The molecule has 42 valence electrons. The first-order valence-corrected chi connectivity index (χ1v) is 2.36. The number of nitrogens with two attached hydrogens (primary N) is 1. The van der Waals surface area contributed by atoms with E-state index in [-0.39, 0.29) is 0 Å². The molecule has 0 aliphatic heterocycles. The van der Waals surface area contributed by atoms with E-state index in [0.29, 0.717) is 6.67 Å². The van der Waals surface area contributed by atoms with E-state index in [0.717, 1.165) is 6.42 Å². The van der Waals surface area contributed by atoms with Gasteiger partial charge in [-0.25, -0.2) is 0 Å². The monoisotopic (exact) mass is 101 g/mol. The van der Waals surface area contributed by atoms with Crippen molar-refractivity contribution < 1.29 is 0 Å². The van der Waals surface area contributed by atoms with Crippen LogP contribution in [0.15, 0.2) is 5.10 Å². The molecule has 0 rings (SSSR count). The first-order chi connectivity index (χ1) is 3.41. The summed E-state index contributed by atoms with van der Waals surface area (Å²) in [5, 5.41) is 3.71. The predicted octanol–water partition coefficient (Wildman–Crippen LogP) is -0.112. The Bertz CT molecular complexity index is 50.9. The molecule has 0 aromatic carbocycles. The molecule has 3 nitrogen and oxygen atoms in total. The van der Waals surface area contributed by atoms with Crippen LogP contribution in [0.2, 0.25) is 0 Å². The van der Waals surface area contributed by atoms with E-state index in [1.54, 1.807) is 6.21 Å². The van der Waals surface area contributed by atoms with Crippen molar-refractivity contribution in [3.8, 4) is 0 Å². The minimum Gasteiger partial charge on any atom is -0.313 e. The van der Waals surface area contributed by atoms with Gasteiger partial charge in [0.15, 0.2) is 0 Å². The lowest BCUT2D eigenvalue weighted by Gasteiger charge is -1.87. The van der Waals surface area contributed by atoms with Crippen LogP contribution in [0.25, 0.3) is 0 Å². The lowest BCUT2D eigenvalue weighted by molar-refractivity contribution is 0.762. The molecule has 0 aromatic rings. The summed E-state index contributed by atoms with van der Waals surface area (Å²) in [7, 11) is 0. The highest BCUT2D eigenvalue weighted by Gasteiger charge is 1.63. The third-order valence-electron chi connectivity index (χ3n) is 0.456. The highest BCUT2D eigenvalue weighted by Crippen LogP contribution is 1.61. The number of hydrazone groups is 1. The quantitative estimate of drug-likeness (QED) is 0.296. The van der Waals surface area contributed by atoms with Crippen molar-refractivity contribution in [1.29, 1.82) is 0 Å². The van der Waals surface area contributed by atoms with E-state index in [9.17, 15) is 0 Å². The minimum absolute atomic E-state index is 0.413. The third-order valence-corrected chi connectivity index (χ3v) is 0.456. The van der Waals surface area contributed by atoms with Crippen LogP contribution in [0, 0.1) is 0 Å². The van der Waals surface area contributed by atoms with Gasteiger partial charge in [0.05, 0.1) is 6.67 Å². The molecule has 0 fully saturated rings. The van der Waals surface area contributed by atoms with Crippen molar-refractivity contribution in [1.82, 2.24) is 5.43 Å². The van der Waals surface area contributed by atoms with Gasteiger partial charge in [-0.3, -0.25) is 5.43 Å². The summed E-state index contributed by atoms with van der Waals surface area (Å²) >= 11 is 0. The zero-order valence-corrected chi connectivity index (χ0v) is 4.52. The van der Waals surface area contributed by atoms with Gasteiger partial charge in [-0.05, 0) is 6.42 Å².